The fourth-order valence-electron chi connectivity index (χ4n) is 3.16. The van der Waals surface area contributed by atoms with Crippen LogP contribution in [0.2, 0.25) is 0 Å². The van der Waals surface area contributed by atoms with Gasteiger partial charge in [-0.05, 0) is 38.0 Å². The Balaban J connectivity index is 2.00. The van der Waals surface area contributed by atoms with Gasteiger partial charge in [-0.25, -0.2) is 9.97 Å². The molecule has 0 aliphatic carbocycles. The van der Waals surface area contributed by atoms with Crippen molar-refractivity contribution in [3.8, 4) is 17.6 Å². The quantitative estimate of drug-likeness (QED) is 0.861. The molecule has 1 atom stereocenters. The Kier molecular flexibility index (Phi) is 4.52. The van der Waals surface area contributed by atoms with Crippen molar-refractivity contribution in [2.75, 3.05) is 25.7 Å². The molecule has 3 rings (SSSR count). The van der Waals surface area contributed by atoms with Gasteiger partial charge in [-0.3, -0.25) is 0 Å². The lowest BCUT2D eigenvalue weighted by Gasteiger charge is -2.26. The van der Waals surface area contributed by atoms with Gasteiger partial charge in [0.1, 0.15) is 23.3 Å². The number of nitrogens with zero attached hydrogens (tertiary/aromatic N) is 4. The monoisotopic (exact) mass is 324 g/mol. The van der Waals surface area contributed by atoms with Crippen LogP contribution in [0.1, 0.15) is 35.8 Å². The van der Waals surface area contributed by atoms with E-state index in [0.717, 1.165) is 42.1 Å². The highest BCUT2D eigenvalue weighted by Gasteiger charge is 2.30. The molecule has 0 unspecified atom stereocenters. The maximum Gasteiger partial charge on any atom is 0.227 e. The highest BCUT2D eigenvalue weighted by Crippen LogP contribution is 2.40. The van der Waals surface area contributed by atoms with Gasteiger partial charge < -0.3 is 14.4 Å². The number of ether oxygens (including phenoxy) is 2. The molecule has 1 fully saturated rings. The average Bonchev–Trinajstić information content (AvgIpc) is 3.10. The third-order valence-electron chi connectivity index (χ3n) is 4.27. The maximum absolute atomic E-state index is 9.16. The van der Waals surface area contributed by atoms with E-state index >= 15 is 0 Å². The molecule has 1 aliphatic heterocycles. The Morgan fingerprint density at radius 2 is 2.04 bits per heavy atom. The van der Waals surface area contributed by atoms with Crippen molar-refractivity contribution in [3.05, 3.63) is 41.2 Å². The Morgan fingerprint density at radius 3 is 2.75 bits per heavy atom. The molecular formula is C18H20N4O2. The zero-order chi connectivity index (χ0) is 17.1. The molecule has 0 amide bonds. The normalized spacial score (nSPS) is 16.8. The van der Waals surface area contributed by atoms with Gasteiger partial charge in [-0.15, -0.1) is 0 Å². The van der Waals surface area contributed by atoms with Crippen molar-refractivity contribution in [2.24, 2.45) is 0 Å². The lowest BCUT2D eigenvalue weighted by Crippen LogP contribution is -2.25. The summed E-state index contributed by atoms with van der Waals surface area (Å²) in [7, 11) is 3.30. The van der Waals surface area contributed by atoms with Crippen LogP contribution >= 0.6 is 0 Å². The summed E-state index contributed by atoms with van der Waals surface area (Å²) in [6.07, 6.45) is 2.03. The van der Waals surface area contributed by atoms with E-state index in [1.807, 2.05) is 25.1 Å². The van der Waals surface area contributed by atoms with E-state index in [-0.39, 0.29) is 6.04 Å². The Morgan fingerprint density at radius 1 is 1.21 bits per heavy atom. The molecule has 1 aromatic heterocycles. The van der Waals surface area contributed by atoms with Crippen molar-refractivity contribution in [1.29, 1.82) is 5.26 Å². The van der Waals surface area contributed by atoms with E-state index in [0.29, 0.717) is 11.6 Å². The lowest BCUT2D eigenvalue weighted by molar-refractivity contribution is 0.388. The molecule has 0 N–H and O–H groups in total. The number of nitriles is 1. The molecule has 124 valence electrons. The van der Waals surface area contributed by atoms with Crippen molar-refractivity contribution in [3.63, 3.8) is 0 Å². The molecule has 0 saturated carbocycles. The molecule has 6 nitrogen and oxygen atoms in total. The largest absolute Gasteiger partial charge is 0.497 e. The van der Waals surface area contributed by atoms with Crippen LogP contribution in [0.15, 0.2) is 24.3 Å². The van der Waals surface area contributed by atoms with Gasteiger partial charge in [0.15, 0.2) is 0 Å². The third-order valence-corrected chi connectivity index (χ3v) is 4.27. The molecule has 24 heavy (non-hydrogen) atoms. The van der Waals surface area contributed by atoms with Gasteiger partial charge in [0.05, 0.1) is 20.3 Å². The van der Waals surface area contributed by atoms with Crippen LogP contribution < -0.4 is 14.4 Å². The molecule has 0 radical (unpaired) electrons. The topological polar surface area (TPSA) is 71.3 Å². The third kappa shape index (κ3) is 2.98. The fourth-order valence-corrected chi connectivity index (χ4v) is 3.16. The van der Waals surface area contributed by atoms with Crippen LogP contribution in [-0.2, 0) is 0 Å². The second-order valence-corrected chi connectivity index (χ2v) is 5.77. The Hall–Kier alpha value is -2.81. The fraction of sp³-hybridized carbons (Fsp3) is 0.389. The van der Waals surface area contributed by atoms with Crippen molar-refractivity contribution in [1.82, 2.24) is 9.97 Å². The summed E-state index contributed by atoms with van der Waals surface area (Å²) < 4.78 is 10.8. The Bertz CT molecular complexity index is 785. The van der Waals surface area contributed by atoms with Gasteiger partial charge in [-0.2, -0.15) is 5.26 Å². The first-order chi connectivity index (χ1) is 11.7. The molecular weight excluding hydrogens is 304 g/mol. The highest BCUT2D eigenvalue weighted by atomic mass is 16.5. The Labute approximate surface area is 141 Å². The molecule has 0 spiro atoms. The summed E-state index contributed by atoms with van der Waals surface area (Å²) in [6, 6.07) is 9.78. The molecule has 1 aromatic carbocycles. The van der Waals surface area contributed by atoms with Gasteiger partial charge >= 0.3 is 0 Å². The van der Waals surface area contributed by atoms with Gasteiger partial charge in [0.25, 0.3) is 0 Å². The van der Waals surface area contributed by atoms with Crippen LogP contribution in [0, 0.1) is 18.3 Å². The SMILES string of the molecule is COc1ccc([C@H]2CCCN2c2nc(C)cc(C#N)n2)c(OC)c1. The summed E-state index contributed by atoms with van der Waals surface area (Å²) >= 11 is 0. The summed E-state index contributed by atoms with van der Waals surface area (Å²) in [5, 5.41) is 9.16. The lowest BCUT2D eigenvalue weighted by atomic mass is 10.0. The second-order valence-electron chi connectivity index (χ2n) is 5.77. The van der Waals surface area contributed by atoms with Gasteiger partial charge in [-0.1, -0.05) is 0 Å². The first-order valence-corrected chi connectivity index (χ1v) is 7.90. The van der Waals surface area contributed by atoms with Crippen LogP contribution in [0.25, 0.3) is 0 Å². The van der Waals surface area contributed by atoms with E-state index in [4.69, 9.17) is 14.7 Å². The van der Waals surface area contributed by atoms with E-state index in [1.54, 1.807) is 20.3 Å². The first-order valence-electron chi connectivity index (χ1n) is 7.90. The zero-order valence-electron chi connectivity index (χ0n) is 14.1. The van der Waals surface area contributed by atoms with E-state index in [2.05, 4.69) is 20.9 Å². The molecule has 1 aliphatic rings. The zero-order valence-corrected chi connectivity index (χ0v) is 14.1. The van der Waals surface area contributed by atoms with Crippen molar-refractivity contribution < 1.29 is 9.47 Å². The maximum atomic E-state index is 9.16. The number of anilines is 1. The minimum Gasteiger partial charge on any atom is -0.497 e. The average molecular weight is 324 g/mol. The van der Waals surface area contributed by atoms with Gasteiger partial charge in [0.2, 0.25) is 5.95 Å². The minimum atomic E-state index is 0.124. The molecule has 2 aromatic rings. The summed E-state index contributed by atoms with van der Waals surface area (Å²) in [5.41, 5.74) is 2.27. The standard InChI is InChI=1S/C18H20N4O2/c1-12-9-13(11-19)21-18(20-12)22-8-4-5-16(22)15-7-6-14(23-2)10-17(15)24-3/h6-7,9-10,16H,4-5,8H2,1-3H3/t16-/m1/s1. The van der Waals surface area contributed by atoms with Crippen LogP contribution in [-0.4, -0.2) is 30.7 Å². The van der Waals surface area contributed by atoms with Gasteiger partial charge in [0, 0.05) is 23.9 Å². The number of hydrogen-bond donors (Lipinski definition) is 0. The predicted molar refractivity (Wildman–Crippen MR) is 90.4 cm³/mol. The van der Waals surface area contributed by atoms with Crippen molar-refractivity contribution in [2.45, 2.75) is 25.8 Å². The second kappa shape index (κ2) is 6.75. The van der Waals surface area contributed by atoms with Crippen molar-refractivity contribution >= 4 is 5.95 Å². The number of benzene rings is 1. The van der Waals surface area contributed by atoms with Crippen LogP contribution in [0.4, 0.5) is 5.95 Å². The number of aromatic nitrogens is 2. The number of rotatable bonds is 4. The smallest absolute Gasteiger partial charge is 0.227 e. The van der Waals surface area contributed by atoms with E-state index in [1.165, 1.54) is 0 Å². The van der Waals surface area contributed by atoms with Crippen LogP contribution in [0.5, 0.6) is 11.5 Å². The molecule has 1 saturated heterocycles. The summed E-state index contributed by atoms with van der Waals surface area (Å²) in [4.78, 5) is 11.1. The van der Waals surface area contributed by atoms with Crippen LogP contribution in [0.3, 0.4) is 0 Å². The number of methoxy groups -OCH3 is 2. The summed E-state index contributed by atoms with van der Waals surface area (Å²) in [5.74, 6) is 2.16. The molecule has 6 heteroatoms. The highest BCUT2D eigenvalue weighted by molar-refractivity contribution is 5.48. The van der Waals surface area contributed by atoms with E-state index < -0.39 is 0 Å². The molecule has 2 heterocycles. The predicted octanol–water partition coefficient (Wildman–Crippen LogP) is 3.02. The number of hydrogen-bond acceptors (Lipinski definition) is 6. The van der Waals surface area contributed by atoms with E-state index in [9.17, 15) is 0 Å². The molecule has 0 bridgehead atoms. The first kappa shape index (κ1) is 16.1. The summed E-state index contributed by atoms with van der Waals surface area (Å²) in [6.45, 7) is 2.74. The minimum absolute atomic E-state index is 0.124. The number of aryl methyl sites for hydroxylation is 1.